The molecule has 9 nitrogen and oxygen atoms in total. The zero-order chi connectivity index (χ0) is 25.9. The number of piperazine rings is 1. The van der Waals surface area contributed by atoms with Crippen LogP contribution in [0.1, 0.15) is 59.4 Å². The number of urea groups is 1. The van der Waals surface area contributed by atoms with Crippen LogP contribution in [0.15, 0.2) is 36.7 Å². The third-order valence-corrected chi connectivity index (χ3v) is 7.28. The van der Waals surface area contributed by atoms with E-state index in [2.05, 4.69) is 64.9 Å². The van der Waals surface area contributed by atoms with Gasteiger partial charge in [0.25, 0.3) is 5.91 Å². The predicted molar refractivity (Wildman–Crippen MR) is 140 cm³/mol. The number of rotatable bonds is 7. The van der Waals surface area contributed by atoms with Gasteiger partial charge in [-0.05, 0) is 56.7 Å². The van der Waals surface area contributed by atoms with Crippen LogP contribution in [-0.2, 0) is 9.59 Å². The summed E-state index contributed by atoms with van der Waals surface area (Å²) in [5, 5.41) is 9.61. The Hall–Kier alpha value is -3.36. The van der Waals surface area contributed by atoms with Gasteiger partial charge in [0.1, 0.15) is 5.54 Å². The molecule has 3 aliphatic rings. The molecule has 36 heavy (non-hydrogen) atoms. The first kappa shape index (κ1) is 25.7. The predicted octanol–water partition coefficient (Wildman–Crippen LogP) is 3.57. The molecule has 9 heteroatoms. The molecule has 3 fully saturated rings. The summed E-state index contributed by atoms with van der Waals surface area (Å²) in [4.78, 5) is 41.2. The number of benzene rings is 1. The lowest BCUT2D eigenvalue weighted by Crippen LogP contribution is -2.51. The Balaban J connectivity index is 0.00000148. The van der Waals surface area contributed by atoms with Gasteiger partial charge in [-0.2, -0.15) is 5.10 Å². The van der Waals surface area contributed by atoms with Crippen LogP contribution < -0.4 is 15.5 Å². The van der Waals surface area contributed by atoms with Gasteiger partial charge in [-0.3, -0.25) is 19.6 Å². The van der Waals surface area contributed by atoms with Gasteiger partial charge in [-0.15, -0.1) is 0 Å². The van der Waals surface area contributed by atoms with Crippen LogP contribution >= 0.6 is 0 Å². The molecule has 0 radical (unpaired) electrons. The first-order valence-corrected chi connectivity index (χ1v) is 13.2. The van der Waals surface area contributed by atoms with Crippen LogP contribution in [0.25, 0.3) is 11.1 Å². The highest BCUT2D eigenvalue weighted by molar-refractivity contribution is 6.07. The van der Waals surface area contributed by atoms with Crippen molar-refractivity contribution < 1.29 is 14.4 Å². The molecule has 1 aromatic heterocycles. The average molecular weight is 495 g/mol. The Morgan fingerprint density at radius 1 is 1.11 bits per heavy atom. The summed E-state index contributed by atoms with van der Waals surface area (Å²) in [5.74, 6) is -0.0940. The van der Waals surface area contributed by atoms with Crippen LogP contribution in [0.3, 0.4) is 0 Å². The maximum absolute atomic E-state index is 12.9. The summed E-state index contributed by atoms with van der Waals surface area (Å²) in [7, 11) is 0. The van der Waals surface area contributed by atoms with E-state index in [1.54, 1.807) is 0 Å². The van der Waals surface area contributed by atoms with E-state index >= 15 is 0 Å². The molecule has 1 aromatic carbocycles. The van der Waals surface area contributed by atoms with Crippen molar-refractivity contribution in [2.24, 2.45) is 5.92 Å². The Bertz CT molecular complexity index is 1100. The Labute approximate surface area is 213 Å². The fourth-order valence-corrected chi connectivity index (χ4v) is 5.08. The highest BCUT2D eigenvalue weighted by atomic mass is 16.2. The Morgan fingerprint density at radius 2 is 1.83 bits per heavy atom. The van der Waals surface area contributed by atoms with Gasteiger partial charge < -0.3 is 15.1 Å². The normalized spacial score (nSPS) is 21.7. The molecule has 2 N–H and O–H groups in total. The van der Waals surface area contributed by atoms with Gasteiger partial charge in [0.05, 0.1) is 6.20 Å². The molecule has 5 rings (SSSR count). The SMILES string of the molecule is CC.CC(C)n1cc(-c2cccc(N3CCN(C(=O)CCC4(C5CC5)NC(=O)NC4=O)CC3)c2)cn1. The minimum atomic E-state index is -0.904. The zero-order valence-electron chi connectivity index (χ0n) is 21.8. The smallest absolute Gasteiger partial charge is 0.322 e. The van der Waals surface area contributed by atoms with Gasteiger partial charge in [-0.25, -0.2) is 4.79 Å². The minimum absolute atomic E-state index is 0.0449. The van der Waals surface area contributed by atoms with E-state index in [1.807, 2.05) is 29.6 Å². The second-order valence-corrected chi connectivity index (χ2v) is 9.87. The molecular formula is C27H38N6O3. The first-order valence-electron chi connectivity index (χ1n) is 13.2. The van der Waals surface area contributed by atoms with E-state index < -0.39 is 11.6 Å². The lowest BCUT2D eigenvalue weighted by Gasteiger charge is -2.37. The second-order valence-electron chi connectivity index (χ2n) is 9.87. The van der Waals surface area contributed by atoms with E-state index in [1.165, 1.54) is 0 Å². The largest absolute Gasteiger partial charge is 0.368 e. The highest BCUT2D eigenvalue weighted by Gasteiger charge is 2.55. The summed E-state index contributed by atoms with van der Waals surface area (Å²) in [5.41, 5.74) is 2.46. The fraction of sp³-hybridized carbons (Fsp3) is 0.556. The summed E-state index contributed by atoms with van der Waals surface area (Å²) < 4.78 is 1.96. The number of aromatic nitrogens is 2. The molecule has 2 saturated heterocycles. The van der Waals surface area contributed by atoms with Crippen molar-refractivity contribution in [1.29, 1.82) is 0 Å². The van der Waals surface area contributed by atoms with Gasteiger partial charge in [0.15, 0.2) is 0 Å². The molecule has 4 amide bonds. The Kier molecular flexibility index (Phi) is 7.66. The average Bonchev–Trinajstić information content (AvgIpc) is 3.55. The number of hydrogen-bond acceptors (Lipinski definition) is 5. The third-order valence-electron chi connectivity index (χ3n) is 7.28. The third kappa shape index (κ3) is 5.24. The quantitative estimate of drug-likeness (QED) is 0.573. The van der Waals surface area contributed by atoms with E-state index in [0.717, 1.165) is 42.7 Å². The molecule has 1 aliphatic carbocycles. The number of carbonyl (C=O) groups is 3. The van der Waals surface area contributed by atoms with Crippen molar-refractivity contribution in [2.45, 2.75) is 65.0 Å². The molecule has 3 heterocycles. The van der Waals surface area contributed by atoms with Gasteiger partial charge in [0, 0.05) is 56.1 Å². The van der Waals surface area contributed by atoms with E-state index in [-0.39, 0.29) is 24.2 Å². The topological polar surface area (TPSA) is 99.6 Å². The molecule has 194 valence electrons. The molecule has 2 aromatic rings. The van der Waals surface area contributed by atoms with Crippen LogP contribution in [0.4, 0.5) is 10.5 Å². The van der Waals surface area contributed by atoms with Gasteiger partial charge in [-0.1, -0.05) is 26.0 Å². The van der Waals surface area contributed by atoms with E-state index in [4.69, 9.17) is 0 Å². The van der Waals surface area contributed by atoms with Crippen LogP contribution in [-0.4, -0.2) is 64.2 Å². The summed E-state index contributed by atoms with van der Waals surface area (Å²) >= 11 is 0. The van der Waals surface area contributed by atoms with Crippen LogP contribution in [0.5, 0.6) is 0 Å². The number of carbonyl (C=O) groups excluding carboxylic acids is 3. The highest BCUT2D eigenvalue weighted by Crippen LogP contribution is 2.43. The molecule has 2 aliphatic heterocycles. The van der Waals surface area contributed by atoms with Crippen molar-refractivity contribution in [1.82, 2.24) is 25.3 Å². The molecule has 1 unspecified atom stereocenters. The van der Waals surface area contributed by atoms with Gasteiger partial charge in [0.2, 0.25) is 5.91 Å². The number of imide groups is 1. The number of nitrogens with zero attached hydrogens (tertiary/aromatic N) is 4. The zero-order valence-corrected chi connectivity index (χ0v) is 21.8. The van der Waals surface area contributed by atoms with Crippen molar-refractivity contribution in [3.8, 4) is 11.1 Å². The van der Waals surface area contributed by atoms with E-state index in [0.29, 0.717) is 25.6 Å². The lowest BCUT2D eigenvalue weighted by molar-refractivity contribution is -0.132. The summed E-state index contributed by atoms with van der Waals surface area (Å²) in [6.07, 6.45) is 6.43. The monoisotopic (exact) mass is 494 g/mol. The second kappa shape index (κ2) is 10.7. The van der Waals surface area contributed by atoms with Crippen molar-refractivity contribution in [3.63, 3.8) is 0 Å². The van der Waals surface area contributed by atoms with E-state index in [9.17, 15) is 14.4 Å². The molecule has 1 atom stereocenters. The van der Waals surface area contributed by atoms with Crippen molar-refractivity contribution in [3.05, 3.63) is 36.7 Å². The summed E-state index contributed by atoms with van der Waals surface area (Å²) in [6.45, 7) is 11.0. The van der Waals surface area contributed by atoms with Crippen molar-refractivity contribution in [2.75, 3.05) is 31.1 Å². The van der Waals surface area contributed by atoms with Crippen LogP contribution in [0, 0.1) is 5.92 Å². The fourth-order valence-electron chi connectivity index (χ4n) is 5.08. The van der Waals surface area contributed by atoms with Crippen LogP contribution in [0.2, 0.25) is 0 Å². The molecule has 0 bridgehead atoms. The molecule has 1 saturated carbocycles. The molecular weight excluding hydrogens is 456 g/mol. The van der Waals surface area contributed by atoms with Crippen molar-refractivity contribution >= 4 is 23.5 Å². The first-order chi connectivity index (χ1) is 17.4. The standard InChI is InChI=1S/C25H32N6O3.C2H6/c1-17(2)31-16-19(15-26-31)18-4-3-5-21(14-18)29-10-12-30(13-11-29)22(32)8-9-25(20-6-7-20)23(33)27-24(34)28-25;1-2/h3-5,14-17,20H,6-13H2,1-2H3,(H2,27,28,33,34);1-2H3. The number of amides is 4. The minimum Gasteiger partial charge on any atom is -0.368 e. The lowest BCUT2D eigenvalue weighted by atomic mass is 9.87. The number of hydrogen-bond donors (Lipinski definition) is 2. The summed E-state index contributed by atoms with van der Waals surface area (Å²) in [6, 6.07) is 8.32. The van der Waals surface area contributed by atoms with Gasteiger partial charge >= 0.3 is 6.03 Å². The maximum atomic E-state index is 12.9. The number of anilines is 1. The maximum Gasteiger partial charge on any atom is 0.322 e. The number of nitrogens with one attached hydrogen (secondary N) is 2. The Morgan fingerprint density at radius 3 is 2.42 bits per heavy atom. The molecule has 0 spiro atoms.